The van der Waals surface area contributed by atoms with E-state index in [1.807, 2.05) is 30.3 Å². The molecule has 2 aromatic carbocycles. The second kappa shape index (κ2) is 9.57. The lowest BCUT2D eigenvalue weighted by atomic mass is 9.87. The number of anilines is 2. The minimum atomic E-state index is -0.238. The molecule has 1 saturated heterocycles. The molecular weight excluding hydrogens is 436 g/mol. The minimum Gasteiger partial charge on any atom is -0.347 e. The van der Waals surface area contributed by atoms with Gasteiger partial charge in [0, 0.05) is 36.1 Å². The summed E-state index contributed by atoms with van der Waals surface area (Å²) < 4.78 is 0. The van der Waals surface area contributed by atoms with Gasteiger partial charge in [0.15, 0.2) is 0 Å². The van der Waals surface area contributed by atoms with Crippen LogP contribution in [0.1, 0.15) is 41.6 Å². The first-order valence-electron chi connectivity index (χ1n) is 11.7. The molecule has 2 aliphatic heterocycles. The van der Waals surface area contributed by atoms with Crippen molar-refractivity contribution in [3.05, 3.63) is 65.7 Å². The van der Waals surface area contributed by atoms with Gasteiger partial charge in [0.2, 0.25) is 5.91 Å². The van der Waals surface area contributed by atoms with Crippen molar-refractivity contribution in [1.29, 1.82) is 0 Å². The number of carbonyl (C=O) groups is 2. The van der Waals surface area contributed by atoms with Gasteiger partial charge in [-0.1, -0.05) is 48.7 Å². The van der Waals surface area contributed by atoms with Crippen LogP contribution in [0.3, 0.4) is 0 Å². The van der Waals surface area contributed by atoms with Crippen LogP contribution in [0, 0.1) is 0 Å². The zero-order valence-electron chi connectivity index (χ0n) is 18.5. The number of hydrogen-bond donors (Lipinski definition) is 2. The summed E-state index contributed by atoms with van der Waals surface area (Å²) >= 11 is 6.76. The van der Waals surface area contributed by atoms with Gasteiger partial charge in [-0.3, -0.25) is 9.59 Å². The Morgan fingerprint density at radius 3 is 2.67 bits per heavy atom. The van der Waals surface area contributed by atoms with Crippen LogP contribution in [-0.2, 0) is 4.79 Å². The van der Waals surface area contributed by atoms with Crippen molar-refractivity contribution in [3.63, 3.8) is 0 Å². The topological polar surface area (TPSA) is 64.7 Å². The summed E-state index contributed by atoms with van der Waals surface area (Å²) in [5.41, 5.74) is 3.47. The SMILES string of the molecule is O=C(NC1CCCCC1N1c2ccccc2C=CC1Cl)c1ccc(N2CCNCC2=O)cc1. The fourth-order valence-electron chi connectivity index (χ4n) is 5.17. The number of alkyl halides is 1. The van der Waals surface area contributed by atoms with E-state index in [1.54, 1.807) is 17.0 Å². The average Bonchev–Trinajstić information content (AvgIpc) is 2.85. The largest absolute Gasteiger partial charge is 0.347 e. The highest BCUT2D eigenvalue weighted by molar-refractivity contribution is 6.24. The van der Waals surface area contributed by atoms with Crippen LogP contribution in [0.15, 0.2) is 54.6 Å². The number of hydrogen-bond acceptors (Lipinski definition) is 4. The van der Waals surface area contributed by atoms with Crippen molar-refractivity contribution < 1.29 is 9.59 Å². The van der Waals surface area contributed by atoms with E-state index in [0.717, 1.165) is 49.2 Å². The summed E-state index contributed by atoms with van der Waals surface area (Å²) in [4.78, 5) is 29.3. The lowest BCUT2D eigenvalue weighted by molar-refractivity contribution is -0.118. The van der Waals surface area contributed by atoms with Crippen molar-refractivity contribution in [2.24, 2.45) is 0 Å². The molecule has 5 rings (SSSR count). The fourth-order valence-corrected chi connectivity index (χ4v) is 5.49. The molecule has 0 radical (unpaired) electrons. The quantitative estimate of drug-likeness (QED) is 0.534. The first kappa shape index (κ1) is 22.0. The van der Waals surface area contributed by atoms with Crippen LogP contribution < -0.4 is 20.4 Å². The standard InChI is InChI=1S/C26H29ClN4O2/c27-24-14-11-18-5-1-3-7-22(18)31(24)23-8-4-2-6-21(23)29-26(33)19-9-12-20(13-10-19)30-16-15-28-17-25(30)32/h1,3,5,7,9-14,21,23-24,28H,2,4,6,8,15-17H2,(H,29,33). The average molecular weight is 465 g/mol. The number of rotatable bonds is 4. The van der Waals surface area contributed by atoms with Crippen molar-refractivity contribution in [3.8, 4) is 0 Å². The lowest BCUT2D eigenvalue weighted by Gasteiger charge is -2.45. The summed E-state index contributed by atoms with van der Waals surface area (Å²) in [6, 6.07) is 15.8. The van der Waals surface area contributed by atoms with Crippen LogP contribution in [0.2, 0.25) is 0 Å². The maximum Gasteiger partial charge on any atom is 0.251 e. The molecule has 2 fully saturated rings. The number of benzene rings is 2. The van der Waals surface area contributed by atoms with Gasteiger partial charge in [0.25, 0.3) is 5.91 Å². The number of para-hydroxylation sites is 1. The second-order valence-corrected chi connectivity index (χ2v) is 9.35. The Balaban J connectivity index is 1.32. The van der Waals surface area contributed by atoms with E-state index in [4.69, 9.17) is 11.6 Å². The van der Waals surface area contributed by atoms with Crippen LogP contribution in [0.4, 0.5) is 11.4 Å². The smallest absolute Gasteiger partial charge is 0.251 e. The number of piperazine rings is 1. The summed E-state index contributed by atoms with van der Waals surface area (Å²) in [5.74, 6) is -0.0352. The minimum absolute atomic E-state index is 0.0153. The van der Waals surface area contributed by atoms with Gasteiger partial charge in [-0.25, -0.2) is 0 Å². The maximum absolute atomic E-state index is 13.2. The Morgan fingerprint density at radius 1 is 1.06 bits per heavy atom. The van der Waals surface area contributed by atoms with Crippen molar-refractivity contribution in [1.82, 2.24) is 10.6 Å². The summed E-state index contributed by atoms with van der Waals surface area (Å²) in [6.07, 6.45) is 8.22. The molecule has 1 aliphatic carbocycles. The number of carbonyl (C=O) groups excluding carboxylic acids is 2. The van der Waals surface area contributed by atoms with E-state index in [9.17, 15) is 9.59 Å². The first-order valence-corrected chi connectivity index (χ1v) is 12.2. The van der Waals surface area contributed by atoms with E-state index >= 15 is 0 Å². The summed E-state index contributed by atoms with van der Waals surface area (Å²) in [5, 5.41) is 6.36. The second-order valence-electron chi connectivity index (χ2n) is 8.90. The normalized spacial score (nSPS) is 25.0. The Labute approximate surface area is 199 Å². The predicted molar refractivity (Wildman–Crippen MR) is 133 cm³/mol. The molecule has 2 heterocycles. The summed E-state index contributed by atoms with van der Waals surface area (Å²) in [6.45, 7) is 1.76. The highest BCUT2D eigenvalue weighted by Crippen LogP contribution is 2.36. The van der Waals surface area contributed by atoms with E-state index in [2.05, 4.69) is 33.7 Å². The summed E-state index contributed by atoms with van der Waals surface area (Å²) in [7, 11) is 0. The molecule has 7 heteroatoms. The number of amides is 2. The van der Waals surface area contributed by atoms with Gasteiger partial charge in [-0.05, 0) is 54.8 Å². The highest BCUT2D eigenvalue weighted by atomic mass is 35.5. The number of halogens is 1. The van der Waals surface area contributed by atoms with Crippen LogP contribution >= 0.6 is 11.6 Å². The van der Waals surface area contributed by atoms with Gasteiger partial charge < -0.3 is 20.4 Å². The third-order valence-corrected chi connectivity index (χ3v) is 7.20. The molecule has 33 heavy (non-hydrogen) atoms. The van der Waals surface area contributed by atoms with Crippen molar-refractivity contribution in [2.75, 3.05) is 29.4 Å². The van der Waals surface area contributed by atoms with Crippen molar-refractivity contribution >= 4 is 40.9 Å². The Kier molecular flexibility index (Phi) is 6.38. The van der Waals surface area contributed by atoms with Crippen LogP contribution in [0.5, 0.6) is 0 Å². The first-order chi connectivity index (χ1) is 16.1. The maximum atomic E-state index is 13.2. The number of nitrogens with zero attached hydrogens (tertiary/aromatic N) is 2. The molecule has 2 aromatic rings. The third-order valence-electron chi connectivity index (χ3n) is 6.85. The Morgan fingerprint density at radius 2 is 1.85 bits per heavy atom. The molecule has 0 bridgehead atoms. The molecule has 3 aliphatic rings. The van der Waals surface area contributed by atoms with Gasteiger partial charge in [0.05, 0.1) is 12.6 Å². The molecule has 0 spiro atoms. The van der Waals surface area contributed by atoms with E-state index in [1.165, 1.54) is 0 Å². The molecular formula is C26H29ClN4O2. The lowest BCUT2D eigenvalue weighted by Crippen LogP contribution is -2.55. The molecule has 0 aromatic heterocycles. The van der Waals surface area contributed by atoms with Crippen LogP contribution in [0.25, 0.3) is 6.08 Å². The van der Waals surface area contributed by atoms with Gasteiger partial charge in [-0.15, -0.1) is 0 Å². The Hall–Kier alpha value is -2.83. The molecule has 3 unspecified atom stereocenters. The molecule has 1 saturated carbocycles. The highest BCUT2D eigenvalue weighted by Gasteiger charge is 2.36. The molecule has 2 N–H and O–H groups in total. The third kappa shape index (κ3) is 4.50. The van der Waals surface area contributed by atoms with E-state index < -0.39 is 0 Å². The molecule has 6 nitrogen and oxygen atoms in total. The number of fused-ring (bicyclic) bond motifs is 1. The van der Waals surface area contributed by atoms with Gasteiger partial charge in [-0.2, -0.15) is 0 Å². The Bertz CT molecular complexity index is 1050. The van der Waals surface area contributed by atoms with Crippen molar-refractivity contribution in [2.45, 2.75) is 43.3 Å². The van der Waals surface area contributed by atoms with Crippen LogP contribution in [-0.4, -0.2) is 49.0 Å². The van der Waals surface area contributed by atoms with E-state index in [-0.39, 0.29) is 29.4 Å². The zero-order chi connectivity index (χ0) is 22.8. The van der Waals surface area contributed by atoms with Gasteiger partial charge >= 0.3 is 0 Å². The molecule has 172 valence electrons. The molecule has 3 atom stereocenters. The number of nitrogens with one attached hydrogen (secondary N) is 2. The predicted octanol–water partition coefficient (Wildman–Crippen LogP) is 3.76. The molecule has 2 amide bonds. The van der Waals surface area contributed by atoms with Gasteiger partial charge in [0.1, 0.15) is 5.50 Å². The zero-order valence-corrected chi connectivity index (χ0v) is 19.3. The fraction of sp³-hybridized carbons (Fsp3) is 0.385. The van der Waals surface area contributed by atoms with E-state index in [0.29, 0.717) is 18.7 Å². The monoisotopic (exact) mass is 464 g/mol.